The monoisotopic (exact) mass is 340 g/mol. The Labute approximate surface area is 128 Å². The number of piperazine rings is 1. The molecule has 2 fully saturated rings. The van der Waals surface area contributed by atoms with Crippen LogP contribution in [0.25, 0.3) is 0 Å². The molecule has 0 aromatic heterocycles. The smallest absolute Gasteiger partial charge is 0.124 e. The van der Waals surface area contributed by atoms with Crippen molar-refractivity contribution in [2.45, 2.75) is 44.8 Å². The van der Waals surface area contributed by atoms with Crippen LogP contribution in [-0.2, 0) is 6.54 Å². The summed E-state index contributed by atoms with van der Waals surface area (Å²) in [5.41, 5.74) is 1.19. The Morgan fingerprint density at radius 1 is 1.40 bits per heavy atom. The molecule has 0 radical (unpaired) electrons. The third-order valence-corrected chi connectivity index (χ3v) is 5.33. The van der Waals surface area contributed by atoms with Crippen LogP contribution in [-0.4, -0.2) is 30.1 Å². The van der Waals surface area contributed by atoms with E-state index in [0.29, 0.717) is 12.1 Å². The van der Waals surface area contributed by atoms with Gasteiger partial charge in [0.05, 0.1) is 0 Å². The molecular weight excluding hydrogens is 319 g/mol. The minimum Gasteiger partial charge on any atom is -0.311 e. The summed E-state index contributed by atoms with van der Waals surface area (Å²) in [7, 11) is 0. The van der Waals surface area contributed by atoms with Crippen molar-refractivity contribution in [1.29, 1.82) is 0 Å². The van der Waals surface area contributed by atoms with Crippen LogP contribution in [0, 0.1) is 11.7 Å². The molecule has 0 amide bonds. The summed E-state index contributed by atoms with van der Waals surface area (Å²) in [6.07, 6.45) is 3.90. The third kappa shape index (κ3) is 3.23. The van der Waals surface area contributed by atoms with Crippen molar-refractivity contribution in [2.24, 2.45) is 5.92 Å². The Kier molecular flexibility index (Phi) is 4.43. The number of rotatable bonds is 4. The number of hydrogen-bond acceptors (Lipinski definition) is 2. The topological polar surface area (TPSA) is 15.3 Å². The zero-order valence-electron chi connectivity index (χ0n) is 11.9. The summed E-state index contributed by atoms with van der Waals surface area (Å²) in [5.74, 6) is 0.686. The molecule has 20 heavy (non-hydrogen) atoms. The highest BCUT2D eigenvalue weighted by Gasteiger charge is 2.38. The minimum absolute atomic E-state index is 0.175. The van der Waals surface area contributed by atoms with E-state index >= 15 is 0 Å². The molecule has 3 rings (SSSR count). The second-order valence-electron chi connectivity index (χ2n) is 6.08. The Morgan fingerprint density at radius 3 is 2.85 bits per heavy atom. The lowest BCUT2D eigenvalue weighted by atomic mass is 10.0. The summed E-state index contributed by atoms with van der Waals surface area (Å²) >= 11 is 3.50. The number of benzene rings is 1. The van der Waals surface area contributed by atoms with Gasteiger partial charge in [-0.25, -0.2) is 4.39 Å². The van der Waals surface area contributed by atoms with Gasteiger partial charge in [0.25, 0.3) is 0 Å². The fourth-order valence-corrected chi connectivity index (χ4v) is 3.65. The molecule has 2 nitrogen and oxygen atoms in total. The van der Waals surface area contributed by atoms with Crippen molar-refractivity contribution < 1.29 is 4.39 Å². The molecule has 1 N–H and O–H groups in total. The van der Waals surface area contributed by atoms with Gasteiger partial charge in [0.1, 0.15) is 5.82 Å². The molecule has 2 unspecified atom stereocenters. The van der Waals surface area contributed by atoms with Gasteiger partial charge in [0, 0.05) is 36.2 Å². The molecule has 0 bridgehead atoms. The van der Waals surface area contributed by atoms with E-state index in [2.05, 4.69) is 33.1 Å². The van der Waals surface area contributed by atoms with Crippen molar-refractivity contribution >= 4 is 15.9 Å². The number of nitrogens with zero attached hydrogens (tertiary/aromatic N) is 1. The molecule has 2 aliphatic rings. The third-order valence-electron chi connectivity index (χ3n) is 4.59. The van der Waals surface area contributed by atoms with Gasteiger partial charge in [-0.3, -0.25) is 4.90 Å². The SMILES string of the molecule is CCC1CN(Cc2ccc(F)cc2Br)C(C2CC2)CN1. The van der Waals surface area contributed by atoms with E-state index in [9.17, 15) is 4.39 Å². The molecule has 1 heterocycles. The van der Waals surface area contributed by atoms with Crippen molar-refractivity contribution in [3.8, 4) is 0 Å². The average Bonchev–Trinajstić information content (AvgIpc) is 3.26. The summed E-state index contributed by atoms with van der Waals surface area (Å²) in [6, 6.07) is 6.28. The second kappa shape index (κ2) is 6.12. The van der Waals surface area contributed by atoms with E-state index < -0.39 is 0 Å². The van der Waals surface area contributed by atoms with Crippen LogP contribution >= 0.6 is 15.9 Å². The molecular formula is C16H22BrFN2. The number of halogens is 2. The standard InChI is InChI=1S/C16H22BrFN2/c1-2-14-10-20(16(8-19-14)11-3-4-11)9-12-5-6-13(18)7-15(12)17/h5-7,11,14,16,19H,2-4,8-10H2,1H3. The highest BCUT2D eigenvalue weighted by atomic mass is 79.9. The molecule has 1 saturated carbocycles. The number of nitrogens with one attached hydrogen (secondary N) is 1. The maximum absolute atomic E-state index is 13.2. The van der Waals surface area contributed by atoms with Gasteiger partial charge in [0.15, 0.2) is 0 Å². The first-order valence-electron chi connectivity index (χ1n) is 7.58. The van der Waals surface area contributed by atoms with Gasteiger partial charge in [-0.1, -0.05) is 28.9 Å². The highest BCUT2D eigenvalue weighted by Crippen LogP contribution is 2.37. The summed E-state index contributed by atoms with van der Waals surface area (Å²) in [4.78, 5) is 2.60. The molecule has 1 aromatic carbocycles. The van der Waals surface area contributed by atoms with Crippen LogP contribution in [0.2, 0.25) is 0 Å². The van der Waals surface area contributed by atoms with Crippen LogP contribution in [0.5, 0.6) is 0 Å². The van der Waals surface area contributed by atoms with Gasteiger partial charge < -0.3 is 5.32 Å². The van der Waals surface area contributed by atoms with Crippen LogP contribution in [0.1, 0.15) is 31.7 Å². The van der Waals surface area contributed by atoms with Crippen molar-refractivity contribution in [1.82, 2.24) is 10.2 Å². The van der Waals surface area contributed by atoms with E-state index in [1.54, 1.807) is 12.1 Å². The Bertz CT molecular complexity index is 476. The lowest BCUT2D eigenvalue weighted by Crippen LogP contribution is -2.56. The van der Waals surface area contributed by atoms with E-state index in [-0.39, 0.29) is 5.82 Å². The fraction of sp³-hybridized carbons (Fsp3) is 0.625. The van der Waals surface area contributed by atoms with E-state index in [4.69, 9.17) is 0 Å². The zero-order valence-corrected chi connectivity index (χ0v) is 13.5. The molecule has 1 aliphatic heterocycles. The second-order valence-corrected chi connectivity index (χ2v) is 6.94. The van der Waals surface area contributed by atoms with Crippen molar-refractivity contribution in [3.63, 3.8) is 0 Å². The first-order valence-corrected chi connectivity index (χ1v) is 8.38. The van der Waals surface area contributed by atoms with Gasteiger partial charge >= 0.3 is 0 Å². The quantitative estimate of drug-likeness (QED) is 0.901. The summed E-state index contributed by atoms with van der Waals surface area (Å²) < 4.78 is 14.1. The van der Waals surface area contributed by atoms with Crippen molar-refractivity contribution in [3.05, 3.63) is 34.1 Å². The van der Waals surface area contributed by atoms with E-state index in [1.165, 1.54) is 24.8 Å². The van der Waals surface area contributed by atoms with Gasteiger partial charge in [-0.15, -0.1) is 0 Å². The molecule has 2 atom stereocenters. The van der Waals surface area contributed by atoms with Crippen LogP contribution < -0.4 is 5.32 Å². The highest BCUT2D eigenvalue weighted by molar-refractivity contribution is 9.10. The zero-order chi connectivity index (χ0) is 14.1. The minimum atomic E-state index is -0.175. The molecule has 110 valence electrons. The van der Waals surface area contributed by atoms with E-state index in [1.807, 2.05) is 6.07 Å². The Morgan fingerprint density at radius 2 is 2.20 bits per heavy atom. The summed E-state index contributed by atoms with van der Waals surface area (Å²) in [6.45, 7) is 5.35. The Balaban J connectivity index is 1.74. The maximum atomic E-state index is 13.2. The normalized spacial score (nSPS) is 27.8. The predicted molar refractivity (Wildman–Crippen MR) is 83.1 cm³/mol. The molecule has 1 aromatic rings. The summed E-state index contributed by atoms with van der Waals surface area (Å²) in [5, 5.41) is 3.67. The first kappa shape index (κ1) is 14.5. The van der Waals surface area contributed by atoms with Crippen LogP contribution in [0.3, 0.4) is 0 Å². The maximum Gasteiger partial charge on any atom is 0.124 e. The van der Waals surface area contributed by atoms with E-state index in [0.717, 1.165) is 30.0 Å². The molecule has 1 saturated heterocycles. The average molecular weight is 341 g/mol. The number of hydrogen-bond donors (Lipinski definition) is 1. The van der Waals surface area contributed by atoms with Crippen LogP contribution in [0.4, 0.5) is 4.39 Å². The van der Waals surface area contributed by atoms with Gasteiger partial charge in [-0.05, 0) is 42.9 Å². The largest absolute Gasteiger partial charge is 0.311 e. The van der Waals surface area contributed by atoms with Crippen LogP contribution in [0.15, 0.2) is 22.7 Å². The first-order chi connectivity index (χ1) is 9.67. The predicted octanol–water partition coefficient (Wildman–Crippen LogP) is 3.55. The molecule has 1 aliphatic carbocycles. The molecule has 4 heteroatoms. The van der Waals surface area contributed by atoms with Gasteiger partial charge in [-0.2, -0.15) is 0 Å². The lowest BCUT2D eigenvalue weighted by molar-refractivity contribution is 0.105. The Hall–Kier alpha value is -0.450. The van der Waals surface area contributed by atoms with Crippen molar-refractivity contribution in [2.75, 3.05) is 13.1 Å². The lowest BCUT2D eigenvalue weighted by Gasteiger charge is -2.40. The fourth-order valence-electron chi connectivity index (χ4n) is 3.17. The molecule has 0 spiro atoms. The van der Waals surface area contributed by atoms with Gasteiger partial charge in [0.2, 0.25) is 0 Å².